The molecule has 1 fully saturated rings. The van der Waals surface area contributed by atoms with E-state index < -0.39 is 29.6 Å². The maximum Gasteiger partial charge on any atom is 0.322 e. The minimum Gasteiger partial charge on any atom is -0.508 e. The highest BCUT2D eigenvalue weighted by molar-refractivity contribution is 5.76. The Morgan fingerprint density at radius 2 is 1.27 bits per heavy atom. The first kappa shape index (κ1) is 26.6. The zero-order valence-electron chi connectivity index (χ0n) is 20.2. The fourth-order valence-corrected chi connectivity index (χ4v) is 4.25. The van der Waals surface area contributed by atoms with Crippen LogP contribution in [0.25, 0.3) is 0 Å². The standard InChI is InChI=1S/C23H35N3O7/c1-15(20(28)31-4)24-23(18-7-9-19(27)10-8-18)13-25(16(2)21(29)32-5)11-12-26(14-23)17(3)22(30)33-6/h7-10,15-17,24,27H,11-14H2,1-6H3/t15-,16-,17?,23?/m1/s1. The maximum absolute atomic E-state index is 12.4. The van der Waals surface area contributed by atoms with Gasteiger partial charge in [-0.1, -0.05) is 12.1 Å². The van der Waals surface area contributed by atoms with Crippen molar-refractivity contribution in [1.82, 2.24) is 15.1 Å². The van der Waals surface area contributed by atoms with Gasteiger partial charge in [-0.3, -0.25) is 29.5 Å². The van der Waals surface area contributed by atoms with Crippen LogP contribution >= 0.6 is 0 Å². The minimum atomic E-state index is -0.900. The lowest BCUT2D eigenvalue weighted by molar-refractivity contribution is -0.147. The van der Waals surface area contributed by atoms with E-state index in [1.807, 2.05) is 9.80 Å². The second kappa shape index (κ2) is 11.4. The molecule has 4 atom stereocenters. The van der Waals surface area contributed by atoms with Gasteiger partial charge in [0.1, 0.15) is 23.9 Å². The van der Waals surface area contributed by atoms with Crippen molar-refractivity contribution in [3.8, 4) is 5.75 Å². The largest absolute Gasteiger partial charge is 0.508 e. The van der Waals surface area contributed by atoms with Crippen molar-refractivity contribution in [1.29, 1.82) is 0 Å². The van der Waals surface area contributed by atoms with Crippen molar-refractivity contribution in [2.45, 2.75) is 44.4 Å². The molecule has 184 valence electrons. The number of esters is 3. The van der Waals surface area contributed by atoms with Gasteiger partial charge >= 0.3 is 17.9 Å². The van der Waals surface area contributed by atoms with Crippen LogP contribution in [0.4, 0.5) is 0 Å². The molecular weight excluding hydrogens is 430 g/mol. The molecule has 0 amide bonds. The van der Waals surface area contributed by atoms with Crippen LogP contribution in [0.3, 0.4) is 0 Å². The summed E-state index contributed by atoms with van der Waals surface area (Å²) in [5.74, 6) is -1.11. The lowest BCUT2D eigenvalue weighted by Crippen LogP contribution is -2.61. The highest BCUT2D eigenvalue weighted by Gasteiger charge is 2.44. The molecule has 1 aliphatic heterocycles. The molecule has 10 nitrogen and oxygen atoms in total. The van der Waals surface area contributed by atoms with Gasteiger partial charge in [0.05, 0.1) is 26.9 Å². The second-order valence-electron chi connectivity index (χ2n) is 8.36. The number of aromatic hydroxyl groups is 1. The van der Waals surface area contributed by atoms with Crippen LogP contribution in [0.15, 0.2) is 24.3 Å². The number of methoxy groups -OCH3 is 3. The molecule has 2 rings (SSSR count). The van der Waals surface area contributed by atoms with Crippen molar-refractivity contribution in [3.63, 3.8) is 0 Å². The molecule has 2 unspecified atom stereocenters. The first-order chi connectivity index (χ1) is 15.6. The third kappa shape index (κ3) is 6.21. The summed E-state index contributed by atoms with van der Waals surface area (Å²) in [6.45, 7) is 6.84. The Kier molecular flexibility index (Phi) is 9.21. The van der Waals surface area contributed by atoms with Gasteiger partial charge in [-0.05, 0) is 38.5 Å². The number of carbonyl (C=O) groups excluding carboxylic acids is 3. The molecule has 0 bridgehead atoms. The van der Waals surface area contributed by atoms with Crippen molar-refractivity contribution >= 4 is 17.9 Å². The fraction of sp³-hybridized carbons (Fsp3) is 0.609. The molecule has 1 aromatic rings. The summed E-state index contributed by atoms with van der Waals surface area (Å²) in [5, 5.41) is 13.3. The summed E-state index contributed by atoms with van der Waals surface area (Å²) >= 11 is 0. The number of phenols is 1. The quantitative estimate of drug-likeness (QED) is 0.415. The first-order valence-corrected chi connectivity index (χ1v) is 10.9. The van der Waals surface area contributed by atoms with E-state index in [1.165, 1.54) is 21.3 Å². The Morgan fingerprint density at radius 3 is 1.67 bits per heavy atom. The monoisotopic (exact) mass is 465 g/mol. The zero-order valence-corrected chi connectivity index (χ0v) is 20.2. The van der Waals surface area contributed by atoms with Crippen molar-refractivity contribution in [2.24, 2.45) is 0 Å². The SMILES string of the molecule is COC(=O)C(C)N1CCN([C@H](C)C(=O)OC)CC(N[C@H](C)C(=O)OC)(c2ccc(O)cc2)C1. The van der Waals surface area contributed by atoms with Gasteiger partial charge in [-0.25, -0.2) is 0 Å². The van der Waals surface area contributed by atoms with E-state index in [2.05, 4.69) is 5.32 Å². The summed E-state index contributed by atoms with van der Waals surface area (Å²) in [5.41, 5.74) is -0.121. The number of nitrogens with zero attached hydrogens (tertiary/aromatic N) is 2. The van der Waals surface area contributed by atoms with Gasteiger partial charge < -0.3 is 19.3 Å². The van der Waals surface area contributed by atoms with Crippen molar-refractivity contribution in [3.05, 3.63) is 29.8 Å². The molecule has 0 aromatic heterocycles. The molecule has 1 heterocycles. The average Bonchev–Trinajstić information content (AvgIpc) is 3.02. The molecule has 1 saturated heterocycles. The maximum atomic E-state index is 12.4. The highest BCUT2D eigenvalue weighted by atomic mass is 16.5. The van der Waals surface area contributed by atoms with Crippen LogP contribution in [-0.2, 0) is 34.1 Å². The molecule has 33 heavy (non-hydrogen) atoms. The van der Waals surface area contributed by atoms with E-state index in [-0.39, 0.29) is 17.7 Å². The number of nitrogens with one attached hydrogen (secondary N) is 1. The lowest BCUT2D eigenvalue weighted by atomic mass is 9.87. The topological polar surface area (TPSA) is 118 Å². The molecule has 1 aromatic carbocycles. The first-order valence-electron chi connectivity index (χ1n) is 10.9. The summed E-state index contributed by atoms with van der Waals surface area (Å²) < 4.78 is 14.9. The molecule has 0 spiro atoms. The van der Waals surface area contributed by atoms with Gasteiger partial charge in [0.15, 0.2) is 0 Å². The number of hydrogen-bond acceptors (Lipinski definition) is 10. The van der Waals surface area contributed by atoms with E-state index in [9.17, 15) is 19.5 Å². The summed E-state index contributed by atoms with van der Waals surface area (Å²) in [4.78, 5) is 41.0. The summed E-state index contributed by atoms with van der Waals surface area (Å²) in [6.07, 6.45) is 0. The van der Waals surface area contributed by atoms with Crippen molar-refractivity contribution in [2.75, 3.05) is 47.5 Å². The van der Waals surface area contributed by atoms with Crippen LogP contribution < -0.4 is 5.32 Å². The van der Waals surface area contributed by atoms with Gasteiger partial charge in [-0.2, -0.15) is 0 Å². The Labute approximate surface area is 194 Å². The molecule has 0 radical (unpaired) electrons. The van der Waals surface area contributed by atoms with Crippen LogP contribution in [0.2, 0.25) is 0 Å². The Morgan fingerprint density at radius 1 is 0.848 bits per heavy atom. The van der Waals surface area contributed by atoms with Crippen LogP contribution in [0.5, 0.6) is 5.75 Å². The molecule has 0 aliphatic carbocycles. The second-order valence-corrected chi connectivity index (χ2v) is 8.36. The molecule has 10 heteroatoms. The van der Waals surface area contributed by atoms with Crippen LogP contribution in [0, 0.1) is 0 Å². The summed E-state index contributed by atoms with van der Waals surface area (Å²) in [6, 6.07) is 4.85. The lowest BCUT2D eigenvalue weighted by Gasteiger charge is -2.42. The molecule has 0 saturated carbocycles. The van der Waals surface area contributed by atoms with Gasteiger partial charge in [-0.15, -0.1) is 0 Å². The van der Waals surface area contributed by atoms with Crippen LogP contribution in [0.1, 0.15) is 26.3 Å². The number of phenolic OH excluding ortho intramolecular Hbond substituents is 1. The third-order valence-corrected chi connectivity index (χ3v) is 6.27. The molecule has 2 N–H and O–H groups in total. The zero-order chi connectivity index (χ0) is 24.8. The smallest absolute Gasteiger partial charge is 0.322 e. The number of carbonyl (C=O) groups is 3. The van der Waals surface area contributed by atoms with Crippen molar-refractivity contribution < 1.29 is 33.7 Å². The average molecular weight is 466 g/mol. The van der Waals surface area contributed by atoms with E-state index >= 15 is 0 Å². The predicted octanol–water partition coefficient (Wildman–Crippen LogP) is 0.479. The Balaban J connectivity index is 2.61. The number of hydrogen-bond donors (Lipinski definition) is 2. The van der Waals surface area contributed by atoms with E-state index in [4.69, 9.17) is 14.2 Å². The number of rotatable bonds is 8. The molecular formula is C23H35N3O7. The van der Waals surface area contributed by atoms with E-state index in [0.717, 1.165) is 5.56 Å². The predicted molar refractivity (Wildman–Crippen MR) is 121 cm³/mol. The number of ether oxygens (including phenoxy) is 3. The van der Waals surface area contributed by atoms with E-state index in [0.29, 0.717) is 26.2 Å². The highest BCUT2D eigenvalue weighted by Crippen LogP contribution is 2.30. The third-order valence-electron chi connectivity index (χ3n) is 6.27. The molecule has 1 aliphatic rings. The van der Waals surface area contributed by atoms with Gasteiger partial charge in [0, 0.05) is 26.2 Å². The van der Waals surface area contributed by atoms with Gasteiger partial charge in [0.25, 0.3) is 0 Å². The number of benzene rings is 1. The van der Waals surface area contributed by atoms with Gasteiger partial charge in [0.2, 0.25) is 0 Å². The Bertz CT molecular complexity index is 798. The Hall–Kier alpha value is -2.69. The summed E-state index contributed by atoms with van der Waals surface area (Å²) in [7, 11) is 4.00. The van der Waals surface area contributed by atoms with E-state index in [1.54, 1.807) is 45.0 Å². The normalized spacial score (nSPS) is 22.5. The fourth-order valence-electron chi connectivity index (χ4n) is 4.25. The van der Waals surface area contributed by atoms with Crippen LogP contribution in [-0.4, -0.2) is 98.4 Å². The minimum absolute atomic E-state index is 0.100.